The van der Waals surface area contributed by atoms with E-state index in [9.17, 15) is 14.4 Å². The molecule has 0 aromatic carbocycles. The van der Waals surface area contributed by atoms with Gasteiger partial charge in [-0.3, -0.25) is 14.4 Å². The number of ether oxygens (including phenoxy) is 3. The molecule has 0 saturated carbocycles. The van der Waals surface area contributed by atoms with Crippen LogP contribution in [0.4, 0.5) is 0 Å². The minimum atomic E-state index is -0.800. The molecule has 0 bridgehead atoms. The first-order chi connectivity index (χ1) is 41.0. The van der Waals surface area contributed by atoms with Gasteiger partial charge in [0.25, 0.3) is 0 Å². The lowest BCUT2D eigenvalue weighted by Crippen LogP contribution is -2.30. The molecular weight excluding hydrogens is 1020 g/mol. The van der Waals surface area contributed by atoms with E-state index in [4.69, 9.17) is 14.2 Å². The Morgan fingerprint density at radius 1 is 0.253 bits per heavy atom. The summed E-state index contributed by atoms with van der Waals surface area (Å²) in [5.74, 6) is -0.915. The Hall–Kier alpha value is -4.45. The Morgan fingerprint density at radius 2 is 0.470 bits per heavy atom. The maximum atomic E-state index is 13.0. The Kier molecular flexibility index (Phi) is 66.3. The third kappa shape index (κ3) is 68.2. The molecule has 0 heterocycles. The standard InChI is InChI=1S/C77H128O6/c1-4-7-10-13-16-19-22-25-28-31-34-35-36-37-38-39-40-41-44-46-49-52-55-58-61-64-67-70-76(79)82-73-74(83-77(80)71-68-65-62-59-56-53-50-47-43-33-30-27-24-21-18-15-12-9-6-3)72-81-75(78)69-66-63-60-57-54-51-48-45-42-32-29-26-23-20-17-14-11-8-5-2/h7,9-10,12,16,18-19,21,25,27-28,30,34-35,37-38,40-41,43,46-47,49,74H,4-6,8,11,13-15,17,20,22-24,26,29,31-33,36,39,42,44-45,48,50-73H2,1-3H3/b10-7-,12-9-,19-16-,21-18-,28-25-,30-27-,35-34-,38-37-,41-40-,47-43-,49-46-. The van der Waals surface area contributed by atoms with Crippen LogP contribution in [0.5, 0.6) is 0 Å². The van der Waals surface area contributed by atoms with Gasteiger partial charge < -0.3 is 14.2 Å². The molecule has 0 aromatic rings. The Bertz CT molecular complexity index is 1750. The van der Waals surface area contributed by atoms with Gasteiger partial charge in [-0.05, 0) is 116 Å². The molecule has 0 saturated heterocycles. The topological polar surface area (TPSA) is 78.9 Å². The van der Waals surface area contributed by atoms with E-state index in [0.717, 1.165) is 161 Å². The zero-order valence-corrected chi connectivity index (χ0v) is 54.2. The van der Waals surface area contributed by atoms with Crippen molar-refractivity contribution < 1.29 is 28.6 Å². The summed E-state index contributed by atoms with van der Waals surface area (Å²) in [4.78, 5) is 38.5. The molecule has 0 spiro atoms. The molecule has 6 heteroatoms. The van der Waals surface area contributed by atoms with Crippen LogP contribution in [0.25, 0.3) is 0 Å². The van der Waals surface area contributed by atoms with Crippen LogP contribution < -0.4 is 0 Å². The van der Waals surface area contributed by atoms with Gasteiger partial charge in [-0.1, -0.05) is 315 Å². The van der Waals surface area contributed by atoms with Crippen LogP contribution in [0.3, 0.4) is 0 Å². The summed E-state index contributed by atoms with van der Waals surface area (Å²) in [5, 5.41) is 0. The van der Waals surface area contributed by atoms with Gasteiger partial charge in [0.1, 0.15) is 13.2 Å². The van der Waals surface area contributed by atoms with Crippen LogP contribution in [0, 0.1) is 0 Å². The molecule has 6 nitrogen and oxygen atoms in total. The summed E-state index contributed by atoms with van der Waals surface area (Å²) < 4.78 is 17.0. The van der Waals surface area contributed by atoms with Gasteiger partial charge >= 0.3 is 17.9 Å². The van der Waals surface area contributed by atoms with Gasteiger partial charge in [0, 0.05) is 19.3 Å². The smallest absolute Gasteiger partial charge is 0.306 e. The van der Waals surface area contributed by atoms with E-state index >= 15 is 0 Å². The van der Waals surface area contributed by atoms with Crippen molar-refractivity contribution in [3.05, 3.63) is 134 Å². The molecule has 1 unspecified atom stereocenters. The van der Waals surface area contributed by atoms with E-state index in [1.807, 2.05) is 0 Å². The van der Waals surface area contributed by atoms with Crippen molar-refractivity contribution >= 4 is 17.9 Å². The SMILES string of the molecule is CC/C=C\C/C=C\C/C=C\C/C=C\C/C=C\C/C=C\C/C=C\CCCCCCCC(=O)OCC(COC(=O)CCCCCCCCCCCCCCCCCCCCC)OC(=O)CCCCCCCC/C=C\C/C=C\C/C=C\C/C=C\CC. The number of carbonyl (C=O) groups excluding carboxylic acids is 3. The highest BCUT2D eigenvalue weighted by Crippen LogP contribution is 2.17. The van der Waals surface area contributed by atoms with E-state index in [0.29, 0.717) is 19.3 Å². The third-order valence-corrected chi connectivity index (χ3v) is 14.7. The predicted octanol–water partition coefficient (Wildman–Crippen LogP) is 24.1. The maximum Gasteiger partial charge on any atom is 0.306 e. The summed E-state index contributed by atoms with van der Waals surface area (Å²) in [6.07, 6.45) is 98.9. The molecule has 0 N–H and O–H groups in total. The molecule has 0 aromatic heterocycles. The highest BCUT2D eigenvalue weighted by atomic mass is 16.6. The molecule has 0 fully saturated rings. The molecular formula is C77H128O6. The summed E-state index contributed by atoms with van der Waals surface area (Å²) >= 11 is 0. The lowest BCUT2D eigenvalue weighted by atomic mass is 10.0. The zero-order valence-electron chi connectivity index (χ0n) is 54.2. The van der Waals surface area contributed by atoms with Gasteiger partial charge in [0.15, 0.2) is 6.10 Å². The van der Waals surface area contributed by atoms with Crippen LogP contribution in [0.1, 0.15) is 316 Å². The minimum Gasteiger partial charge on any atom is -0.462 e. The van der Waals surface area contributed by atoms with E-state index < -0.39 is 6.10 Å². The minimum absolute atomic E-state index is 0.0912. The van der Waals surface area contributed by atoms with E-state index in [2.05, 4.69) is 154 Å². The van der Waals surface area contributed by atoms with E-state index in [1.54, 1.807) is 0 Å². The van der Waals surface area contributed by atoms with Crippen molar-refractivity contribution in [2.45, 2.75) is 322 Å². The molecule has 472 valence electrons. The van der Waals surface area contributed by atoms with Crippen LogP contribution in [-0.4, -0.2) is 37.2 Å². The van der Waals surface area contributed by atoms with Crippen molar-refractivity contribution in [1.82, 2.24) is 0 Å². The number of unbranched alkanes of at least 4 members (excludes halogenated alkanes) is 29. The Labute approximate surface area is 513 Å². The second kappa shape index (κ2) is 70.0. The average Bonchev–Trinajstić information content (AvgIpc) is 3.50. The Morgan fingerprint density at radius 3 is 0.735 bits per heavy atom. The lowest BCUT2D eigenvalue weighted by molar-refractivity contribution is -0.167. The summed E-state index contributed by atoms with van der Waals surface area (Å²) in [6.45, 7) is 6.42. The number of allylic oxidation sites excluding steroid dienone is 22. The third-order valence-electron chi connectivity index (χ3n) is 14.7. The first kappa shape index (κ1) is 78.5. The molecule has 83 heavy (non-hydrogen) atoms. The zero-order chi connectivity index (χ0) is 59.9. The van der Waals surface area contributed by atoms with Crippen molar-refractivity contribution in [3.63, 3.8) is 0 Å². The van der Waals surface area contributed by atoms with Crippen molar-refractivity contribution in [3.8, 4) is 0 Å². The normalized spacial score (nSPS) is 13.0. The van der Waals surface area contributed by atoms with Gasteiger partial charge in [0.2, 0.25) is 0 Å². The fourth-order valence-corrected chi connectivity index (χ4v) is 9.53. The van der Waals surface area contributed by atoms with Crippen LogP contribution in [0.2, 0.25) is 0 Å². The molecule has 0 aliphatic heterocycles. The Balaban J connectivity index is 4.44. The lowest BCUT2D eigenvalue weighted by Gasteiger charge is -2.18. The van der Waals surface area contributed by atoms with E-state index in [-0.39, 0.29) is 31.1 Å². The van der Waals surface area contributed by atoms with E-state index in [1.165, 1.54) is 116 Å². The molecule has 1 atom stereocenters. The predicted molar refractivity (Wildman–Crippen MR) is 362 cm³/mol. The largest absolute Gasteiger partial charge is 0.462 e. The summed E-state index contributed by atoms with van der Waals surface area (Å²) in [6, 6.07) is 0. The van der Waals surface area contributed by atoms with Gasteiger partial charge in [-0.2, -0.15) is 0 Å². The monoisotopic (exact) mass is 1150 g/mol. The fourth-order valence-electron chi connectivity index (χ4n) is 9.53. The second-order valence-electron chi connectivity index (χ2n) is 22.7. The van der Waals surface area contributed by atoms with Crippen molar-refractivity contribution in [1.29, 1.82) is 0 Å². The number of hydrogen-bond acceptors (Lipinski definition) is 6. The molecule has 0 radical (unpaired) electrons. The highest BCUT2D eigenvalue weighted by molar-refractivity contribution is 5.71. The number of rotatable bonds is 62. The molecule has 0 amide bonds. The number of carbonyl (C=O) groups is 3. The first-order valence-electron chi connectivity index (χ1n) is 34.7. The average molecular weight is 1150 g/mol. The number of hydrogen-bond donors (Lipinski definition) is 0. The molecule has 0 aliphatic carbocycles. The van der Waals surface area contributed by atoms with Crippen LogP contribution in [-0.2, 0) is 28.6 Å². The van der Waals surface area contributed by atoms with Crippen LogP contribution >= 0.6 is 0 Å². The fraction of sp³-hybridized carbons (Fsp3) is 0.675. The molecule has 0 aliphatic rings. The maximum absolute atomic E-state index is 13.0. The van der Waals surface area contributed by atoms with Gasteiger partial charge in [-0.25, -0.2) is 0 Å². The second-order valence-corrected chi connectivity index (χ2v) is 22.7. The number of esters is 3. The molecule has 0 rings (SSSR count). The van der Waals surface area contributed by atoms with Gasteiger partial charge in [-0.15, -0.1) is 0 Å². The summed E-state index contributed by atoms with van der Waals surface area (Å²) in [7, 11) is 0. The first-order valence-corrected chi connectivity index (χ1v) is 34.7. The quantitative estimate of drug-likeness (QED) is 0.0261. The highest BCUT2D eigenvalue weighted by Gasteiger charge is 2.19. The van der Waals surface area contributed by atoms with Gasteiger partial charge in [0.05, 0.1) is 0 Å². The van der Waals surface area contributed by atoms with Crippen LogP contribution in [0.15, 0.2) is 134 Å². The van der Waals surface area contributed by atoms with Crippen molar-refractivity contribution in [2.24, 2.45) is 0 Å². The van der Waals surface area contributed by atoms with Crippen molar-refractivity contribution in [2.75, 3.05) is 13.2 Å². The summed E-state index contributed by atoms with van der Waals surface area (Å²) in [5.41, 5.74) is 0.